The summed E-state index contributed by atoms with van der Waals surface area (Å²) in [5.74, 6) is 1.51. The summed E-state index contributed by atoms with van der Waals surface area (Å²) in [4.78, 5) is 8.95. The molecule has 1 aromatic heterocycles. The fourth-order valence-corrected chi connectivity index (χ4v) is 2.05. The Labute approximate surface area is 117 Å². The molecular weight excluding hydrogens is 250 g/mol. The summed E-state index contributed by atoms with van der Waals surface area (Å²) < 4.78 is 5.18. The van der Waals surface area contributed by atoms with Gasteiger partial charge in [-0.1, -0.05) is 12.1 Å². The zero-order valence-electron chi connectivity index (χ0n) is 11.4. The first kappa shape index (κ1) is 12.4. The van der Waals surface area contributed by atoms with Crippen LogP contribution in [0.3, 0.4) is 0 Å². The summed E-state index contributed by atoms with van der Waals surface area (Å²) in [5.41, 5.74) is 3.86. The van der Waals surface area contributed by atoms with Gasteiger partial charge in [0.1, 0.15) is 11.6 Å². The zero-order chi connectivity index (χ0) is 13.9. The molecule has 4 heteroatoms. The topological polar surface area (TPSA) is 47.0 Å². The molecule has 0 aliphatic heterocycles. The van der Waals surface area contributed by atoms with Crippen molar-refractivity contribution in [1.82, 2.24) is 9.97 Å². The van der Waals surface area contributed by atoms with Crippen LogP contribution in [0.1, 0.15) is 5.56 Å². The molecule has 0 spiro atoms. The maximum absolute atomic E-state index is 5.18. The Kier molecular flexibility index (Phi) is 3.21. The predicted octanol–water partition coefficient (Wildman–Crippen LogP) is 3.69. The molecule has 1 heterocycles. The van der Waals surface area contributed by atoms with Gasteiger partial charge < -0.3 is 10.1 Å². The van der Waals surface area contributed by atoms with Crippen molar-refractivity contribution in [3.63, 3.8) is 0 Å². The molecule has 0 unspecified atom stereocenters. The molecule has 2 aromatic carbocycles. The highest BCUT2D eigenvalue weighted by Crippen LogP contribution is 2.20. The van der Waals surface area contributed by atoms with Crippen molar-refractivity contribution in [2.45, 2.75) is 6.92 Å². The number of rotatable bonds is 3. The lowest BCUT2D eigenvalue weighted by atomic mass is 10.2. The summed E-state index contributed by atoms with van der Waals surface area (Å²) in [7, 11) is 1.64. The number of hydrogen-bond acceptors (Lipinski definition) is 4. The first-order chi connectivity index (χ1) is 9.74. The number of hydrogen-bond donors (Lipinski definition) is 1. The minimum Gasteiger partial charge on any atom is -0.497 e. The highest BCUT2D eigenvalue weighted by Gasteiger charge is 2.02. The molecule has 0 aliphatic rings. The lowest BCUT2D eigenvalue weighted by molar-refractivity contribution is 0.415. The molecule has 0 saturated carbocycles. The summed E-state index contributed by atoms with van der Waals surface area (Å²) in [6.45, 7) is 2.06. The van der Waals surface area contributed by atoms with Gasteiger partial charge in [0.05, 0.1) is 24.3 Å². The quantitative estimate of drug-likeness (QED) is 0.784. The van der Waals surface area contributed by atoms with E-state index in [0.29, 0.717) is 0 Å². The van der Waals surface area contributed by atoms with E-state index in [1.807, 2.05) is 30.3 Å². The van der Waals surface area contributed by atoms with E-state index < -0.39 is 0 Å². The Bertz CT molecular complexity index is 756. The Hall–Kier alpha value is -2.62. The third-order valence-corrected chi connectivity index (χ3v) is 3.04. The van der Waals surface area contributed by atoms with Gasteiger partial charge in [0.2, 0.25) is 0 Å². The van der Waals surface area contributed by atoms with E-state index >= 15 is 0 Å². The minimum absolute atomic E-state index is 0.730. The zero-order valence-corrected chi connectivity index (χ0v) is 11.4. The Balaban J connectivity index is 1.93. The number of aromatic nitrogens is 2. The van der Waals surface area contributed by atoms with Crippen LogP contribution in [0.5, 0.6) is 5.75 Å². The molecule has 0 fully saturated rings. The van der Waals surface area contributed by atoms with Gasteiger partial charge in [-0.25, -0.2) is 4.98 Å². The third-order valence-electron chi connectivity index (χ3n) is 3.04. The smallest absolute Gasteiger partial charge is 0.149 e. The van der Waals surface area contributed by atoms with E-state index in [-0.39, 0.29) is 0 Å². The van der Waals surface area contributed by atoms with Gasteiger partial charge in [-0.3, -0.25) is 4.98 Å². The van der Waals surface area contributed by atoms with E-state index in [1.54, 1.807) is 13.3 Å². The van der Waals surface area contributed by atoms with E-state index in [2.05, 4.69) is 34.3 Å². The lowest BCUT2D eigenvalue weighted by Crippen LogP contribution is -1.96. The molecule has 0 aliphatic carbocycles. The summed E-state index contributed by atoms with van der Waals surface area (Å²) in [6.07, 6.45) is 1.73. The van der Waals surface area contributed by atoms with E-state index in [0.717, 1.165) is 28.3 Å². The normalized spacial score (nSPS) is 10.5. The fourth-order valence-electron chi connectivity index (χ4n) is 2.05. The van der Waals surface area contributed by atoms with Gasteiger partial charge in [-0.15, -0.1) is 0 Å². The van der Waals surface area contributed by atoms with E-state index in [1.165, 1.54) is 5.56 Å². The number of fused-ring (bicyclic) bond motifs is 1. The predicted molar refractivity (Wildman–Crippen MR) is 80.6 cm³/mol. The SMILES string of the molecule is COc1ccc2nc(Nc3cccc(C)c3)cnc2c1. The second kappa shape index (κ2) is 5.17. The van der Waals surface area contributed by atoms with Gasteiger partial charge in [0.15, 0.2) is 0 Å². The number of nitrogens with zero attached hydrogens (tertiary/aromatic N) is 2. The monoisotopic (exact) mass is 265 g/mol. The molecule has 0 bridgehead atoms. The van der Waals surface area contributed by atoms with Gasteiger partial charge in [-0.05, 0) is 36.8 Å². The van der Waals surface area contributed by atoms with Gasteiger partial charge in [-0.2, -0.15) is 0 Å². The maximum atomic E-state index is 5.18. The summed E-state index contributed by atoms with van der Waals surface area (Å²) >= 11 is 0. The molecule has 0 atom stereocenters. The highest BCUT2D eigenvalue weighted by atomic mass is 16.5. The molecule has 100 valence electrons. The lowest BCUT2D eigenvalue weighted by Gasteiger charge is -2.07. The molecule has 0 saturated heterocycles. The van der Waals surface area contributed by atoms with Crippen LogP contribution in [-0.4, -0.2) is 17.1 Å². The van der Waals surface area contributed by atoms with Crippen LogP contribution in [0.2, 0.25) is 0 Å². The van der Waals surface area contributed by atoms with Crippen LogP contribution in [0.15, 0.2) is 48.7 Å². The van der Waals surface area contributed by atoms with Gasteiger partial charge in [0.25, 0.3) is 0 Å². The van der Waals surface area contributed by atoms with Crippen LogP contribution in [-0.2, 0) is 0 Å². The number of methoxy groups -OCH3 is 1. The molecule has 20 heavy (non-hydrogen) atoms. The van der Waals surface area contributed by atoms with Crippen molar-refractivity contribution in [3.05, 3.63) is 54.2 Å². The number of aryl methyl sites for hydroxylation is 1. The summed E-state index contributed by atoms with van der Waals surface area (Å²) in [5, 5.41) is 3.26. The van der Waals surface area contributed by atoms with Crippen molar-refractivity contribution in [1.29, 1.82) is 0 Å². The molecule has 3 aromatic rings. The fraction of sp³-hybridized carbons (Fsp3) is 0.125. The second-order valence-electron chi connectivity index (χ2n) is 4.60. The van der Waals surface area contributed by atoms with E-state index in [4.69, 9.17) is 4.74 Å². The molecule has 4 nitrogen and oxygen atoms in total. The van der Waals surface area contributed by atoms with Crippen LogP contribution < -0.4 is 10.1 Å². The highest BCUT2D eigenvalue weighted by molar-refractivity contribution is 5.77. The average Bonchev–Trinajstić information content (AvgIpc) is 2.47. The second-order valence-corrected chi connectivity index (χ2v) is 4.60. The minimum atomic E-state index is 0.730. The number of benzene rings is 2. The maximum Gasteiger partial charge on any atom is 0.149 e. The molecule has 0 radical (unpaired) electrons. The average molecular weight is 265 g/mol. The standard InChI is InChI=1S/C16H15N3O/c1-11-4-3-5-12(8-11)18-16-10-17-15-9-13(20-2)6-7-14(15)19-16/h3-10H,1-2H3,(H,18,19). The van der Waals surface area contributed by atoms with Crippen molar-refractivity contribution in [3.8, 4) is 5.75 Å². The molecule has 1 N–H and O–H groups in total. The van der Waals surface area contributed by atoms with Crippen molar-refractivity contribution in [2.75, 3.05) is 12.4 Å². The van der Waals surface area contributed by atoms with Gasteiger partial charge >= 0.3 is 0 Å². The largest absolute Gasteiger partial charge is 0.497 e. The Morgan fingerprint density at radius 2 is 1.95 bits per heavy atom. The van der Waals surface area contributed by atoms with E-state index in [9.17, 15) is 0 Å². The summed E-state index contributed by atoms with van der Waals surface area (Å²) in [6, 6.07) is 13.8. The third kappa shape index (κ3) is 2.54. The van der Waals surface area contributed by atoms with Crippen LogP contribution in [0.4, 0.5) is 11.5 Å². The van der Waals surface area contributed by atoms with Crippen LogP contribution >= 0.6 is 0 Å². The molecule has 0 amide bonds. The molecular formula is C16H15N3O. The molecule has 3 rings (SSSR count). The van der Waals surface area contributed by atoms with Gasteiger partial charge in [0, 0.05) is 11.8 Å². The first-order valence-corrected chi connectivity index (χ1v) is 6.39. The number of nitrogens with one attached hydrogen (secondary N) is 1. The number of ether oxygens (including phenoxy) is 1. The Morgan fingerprint density at radius 1 is 1.05 bits per heavy atom. The first-order valence-electron chi connectivity index (χ1n) is 6.39. The Morgan fingerprint density at radius 3 is 2.75 bits per heavy atom. The van der Waals surface area contributed by atoms with Crippen molar-refractivity contribution >= 4 is 22.5 Å². The number of anilines is 2. The van der Waals surface area contributed by atoms with Crippen LogP contribution in [0, 0.1) is 6.92 Å². The van der Waals surface area contributed by atoms with Crippen LogP contribution in [0.25, 0.3) is 11.0 Å². The van der Waals surface area contributed by atoms with Crippen molar-refractivity contribution in [2.24, 2.45) is 0 Å². The van der Waals surface area contributed by atoms with Crippen molar-refractivity contribution < 1.29 is 4.74 Å².